The van der Waals surface area contributed by atoms with Gasteiger partial charge < -0.3 is 20.5 Å². The fraction of sp³-hybridized carbons (Fsp3) is 0.833. The molecule has 0 bridgehead atoms. The predicted molar refractivity (Wildman–Crippen MR) is 66.1 cm³/mol. The normalized spacial score (nSPS) is 19.2. The van der Waals surface area contributed by atoms with Crippen molar-refractivity contribution in [2.75, 3.05) is 19.7 Å². The fourth-order valence-electron chi connectivity index (χ4n) is 2.09. The van der Waals surface area contributed by atoms with Crippen LogP contribution >= 0.6 is 0 Å². The van der Waals surface area contributed by atoms with Crippen molar-refractivity contribution in [1.29, 1.82) is 0 Å². The van der Waals surface area contributed by atoms with E-state index >= 15 is 0 Å². The number of hydrogen-bond acceptors (Lipinski definition) is 4. The zero-order valence-corrected chi connectivity index (χ0v) is 11.0. The van der Waals surface area contributed by atoms with Crippen LogP contribution in [-0.2, 0) is 14.3 Å². The van der Waals surface area contributed by atoms with E-state index in [-0.39, 0.29) is 18.6 Å². The number of aliphatic carboxylic acids is 1. The van der Waals surface area contributed by atoms with Gasteiger partial charge in [-0.05, 0) is 13.3 Å². The van der Waals surface area contributed by atoms with E-state index < -0.39 is 11.6 Å². The van der Waals surface area contributed by atoms with Crippen LogP contribution in [0, 0.1) is 0 Å². The number of carboxylic acids is 1. The first kappa shape index (κ1) is 14.9. The molecule has 1 fully saturated rings. The number of nitrogens with zero attached hydrogens (tertiary/aromatic N) is 1. The van der Waals surface area contributed by atoms with Gasteiger partial charge in [-0.3, -0.25) is 4.79 Å². The van der Waals surface area contributed by atoms with Crippen molar-refractivity contribution in [2.45, 2.75) is 44.8 Å². The summed E-state index contributed by atoms with van der Waals surface area (Å²) in [7, 11) is 0. The largest absolute Gasteiger partial charge is 0.480 e. The highest BCUT2D eigenvalue weighted by molar-refractivity contribution is 5.78. The zero-order valence-electron chi connectivity index (χ0n) is 11.0. The first-order chi connectivity index (χ1) is 8.36. The van der Waals surface area contributed by atoms with Gasteiger partial charge in [0.15, 0.2) is 0 Å². The molecule has 1 saturated heterocycles. The minimum atomic E-state index is -0.994. The first-order valence-electron chi connectivity index (χ1n) is 6.25. The molecule has 0 aromatic rings. The van der Waals surface area contributed by atoms with E-state index in [0.29, 0.717) is 19.5 Å². The van der Waals surface area contributed by atoms with E-state index in [1.807, 2.05) is 13.8 Å². The number of rotatable bonds is 7. The standard InChI is InChI=1S/C12H22N2O4/c1-3-4-9(13)5-10(15)14-7-12(2,8-14)18-6-11(16)17/h9H,3-8,13H2,1-2H3,(H,16,17). The molecule has 1 atom stereocenters. The lowest BCUT2D eigenvalue weighted by Gasteiger charge is -2.47. The summed E-state index contributed by atoms with van der Waals surface area (Å²) in [5, 5.41) is 8.53. The summed E-state index contributed by atoms with van der Waals surface area (Å²) < 4.78 is 5.24. The van der Waals surface area contributed by atoms with Crippen LogP contribution in [0.4, 0.5) is 0 Å². The minimum absolute atomic E-state index is 0.0207. The summed E-state index contributed by atoms with van der Waals surface area (Å²) in [6.45, 7) is 4.40. The summed E-state index contributed by atoms with van der Waals surface area (Å²) in [5.74, 6) is -0.974. The average Bonchev–Trinajstić information content (AvgIpc) is 2.22. The Hall–Kier alpha value is -1.14. The molecule has 1 unspecified atom stereocenters. The van der Waals surface area contributed by atoms with Crippen molar-refractivity contribution >= 4 is 11.9 Å². The second-order valence-corrected chi connectivity index (χ2v) is 5.13. The minimum Gasteiger partial charge on any atom is -0.480 e. The van der Waals surface area contributed by atoms with Crippen molar-refractivity contribution in [3.8, 4) is 0 Å². The van der Waals surface area contributed by atoms with Crippen LogP contribution in [0.5, 0.6) is 0 Å². The molecule has 1 heterocycles. The quantitative estimate of drug-likeness (QED) is 0.680. The van der Waals surface area contributed by atoms with E-state index in [1.165, 1.54) is 0 Å². The number of carbonyl (C=O) groups is 2. The van der Waals surface area contributed by atoms with Crippen molar-refractivity contribution < 1.29 is 19.4 Å². The van der Waals surface area contributed by atoms with Crippen LogP contribution in [-0.4, -0.2) is 53.2 Å². The van der Waals surface area contributed by atoms with Crippen LogP contribution in [0.1, 0.15) is 33.1 Å². The van der Waals surface area contributed by atoms with E-state index in [2.05, 4.69) is 0 Å². The predicted octanol–water partition coefficient (Wildman–Crippen LogP) is 0.206. The lowest BCUT2D eigenvalue weighted by Crippen LogP contribution is -2.63. The number of carboxylic acid groups (broad SMARTS) is 1. The Morgan fingerprint density at radius 3 is 2.61 bits per heavy atom. The summed E-state index contributed by atoms with van der Waals surface area (Å²) in [5.41, 5.74) is 5.29. The number of amides is 1. The Balaban J connectivity index is 2.28. The highest BCUT2D eigenvalue weighted by atomic mass is 16.5. The topological polar surface area (TPSA) is 92.9 Å². The van der Waals surface area contributed by atoms with Crippen molar-refractivity contribution in [1.82, 2.24) is 4.90 Å². The zero-order chi connectivity index (χ0) is 13.8. The van der Waals surface area contributed by atoms with Crippen molar-refractivity contribution in [3.63, 3.8) is 0 Å². The number of hydrogen-bond donors (Lipinski definition) is 2. The number of ether oxygens (including phenoxy) is 1. The Labute approximate surface area is 107 Å². The second-order valence-electron chi connectivity index (χ2n) is 5.13. The van der Waals surface area contributed by atoms with Crippen LogP contribution in [0.15, 0.2) is 0 Å². The second kappa shape index (κ2) is 6.15. The Kier molecular flexibility index (Phi) is 5.10. The molecule has 0 saturated carbocycles. The lowest BCUT2D eigenvalue weighted by molar-refractivity contribution is -0.173. The van der Waals surface area contributed by atoms with Gasteiger partial charge >= 0.3 is 5.97 Å². The van der Waals surface area contributed by atoms with Gasteiger partial charge in [0, 0.05) is 12.5 Å². The fourth-order valence-corrected chi connectivity index (χ4v) is 2.09. The molecule has 1 aliphatic heterocycles. The number of likely N-dealkylation sites (tertiary alicyclic amines) is 1. The molecule has 6 heteroatoms. The van der Waals surface area contributed by atoms with Crippen molar-refractivity contribution in [2.24, 2.45) is 5.73 Å². The van der Waals surface area contributed by atoms with Gasteiger partial charge in [0.25, 0.3) is 0 Å². The molecule has 0 spiro atoms. The van der Waals surface area contributed by atoms with Gasteiger partial charge in [-0.25, -0.2) is 4.79 Å². The number of carbonyl (C=O) groups excluding carboxylic acids is 1. The summed E-state index contributed by atoms with van der Waals surface area (Å²) in [4.78, 5) is 23.9. The van der Waals surface area contributed by atoms with Gasteiger partial charge in [-0.1, -0.05) is 13.3 Å². The van der Waals surface area contributed by atoms with Gasteiger partial charge in [0.2, 0.25) is 5.91 Å². The van der Waals surface area contributed by atoms with Gasteiger partial charge in [-0.2, -0.15) is 0 Å². The molecule has 0 aromatic carbocycles. The third-order valence-electron chi connectivity index (χ3n) is 3.04. The molecular weight excluding hydrogens is 236 g/mol. The smallest absolute Gasteiger partial charge is 0.329 e. The van der Waals surface area contributed by atoms with E-state index in [9.17, 15) is 9.59 Å². The first-order valence-corrected chi connectivity index (χ1v) is 6.25. The molecule has 0 aliphatic carbocycles. The van der Waals surface area contributed by atoms with Gasteiger partial charge in [0.1, 0.15) is 12.2 Å². The van der Waals surface area contributed by atoms with Crippen LogP contribution in [0.3, 0.4) is 0 Å². The lowest BCUT2D eigenvalue weighted by atomic mass is 9.95. The van der Waals surface area contributed by atoms with Crippen molar-refractivity contribution in [3.05, 3.63) is 0 Å². The van der Waals surface area contributed by atoms with Crippen LogP contribution < -0.4 is 5.73 Å². The molecule has 1 amide bonds. The Bertz CT molecular complexity index is 313. The van der Waals surface area contributed by atoms with E-state index in [1.54, 1.807) is 4.90 Å². The molecule has 104 valence electrons. The van der Waals surface area contributed by atoms with Crippen LogP contribution in [0.25, 0.3) is 0 Å². The molecular formula is C12H22N2O4. The third kappa shape index (κ3) is 4.27. The summed E-state index contributed by atoms with van der Waals surface area (Å²) in [6, 6.07) is -0.0886. The highest BCUT2D eigenvalue weighted by Gasteiger charge is 2.42. The average molecular weight is 258 g/mol. The molecule has 0 aromatic heterocycles. The number of nitrogens with two attached hydrogens (primary N) is 1. The molecule has 1 aliphatic rings. The van der Waals surface area contributed by atoms with E-state index in [0.717, 1.165) is 12.8 Å². The van der Waals surface area contributed by atoms with Gasteiger partial charge in [0.05, 0.1) is 13.1 Å². The van der Waals surface area contributed by atoms with E-state index in [4.69, 9.17) is 15.6 Å². The summed E-state index contributed by atoms with van der Waals surface area (Å²) >= 11 is 0. The molecule has 18 heavy (non-hydrogen) atoms. The maximum atomic E-state index is 11.8. The Morgan fingerprint density at radius 1 is 1.50 bits per heavy atom. The highest BCUT2D eigenvalue weighted by Crippen LogP contribution is 2.25. The monoisotopic (exact) mass is 258 g/mol. The Morgan fingerprint density at radius 2 is 2.11 bits per heavy atom. The van der Waals surface area contributed by atoms with Crippen LogP contribution in [0.2, 0.25) is 0 Å². The maximum Gasteiger partial charge on any atom is 0.329 e. The SMILES string of the molecule is CCCC(N)CC(=O)N1CC(C)(OCC(=O)O)C1. The van der Waals surface area contributed by atoms with Gasteiger partial charge in [-0.15, -0.1) is 0 Å². The maximum absolute atomic E-state index is 11.8. The molecule has 3 N–H and O–H groups in total. The summed E-state index contributed by atoms with van der Waals surface area (Å²) in [6.07, 6.45) is 2.16. The molecule has 6 nitrogen and oxygen atoms in total. The molecule has 1 rings (SSSR count). The third-order valence-corrected chi connectivity index (χ3v) is 3.04. The molecule has 0 radical (unpaired) electrons.